The number of sulfonamides is 1. The van der Waals surface area contributed by atoms with Gasteiger partial charge in [-0.15, -0.1) is 0 Å². The Morgan fingerprint density at radius 1 is 1.26 bits per heavy atom. The molecule has 126 valence electrons. The molecule has 0 radical (unpaired) electrons. The Labute approximate surface area is 135 Å². The first-order valence-corrected chi connectivity index (χ1v) is 8.96. The molecule has 0 saturated carbocycles. The molecular formula is C15H20N2O5S. The minimum Gasteiger partial charge on any atom is -0.481 e. The van der Waals surface area contributed by atoms with Gasteiger partial charge >= 0.3 is 5.97 Å². The summed E-state index contributed by atoms with van der Waals surface area (Å²) in [5.41, 5.74) is 0.399. The van der Waals surface area contributed by atoms with E-state index in [1.165, 1.54) is 24.3 Å². The van der Waals surface area contributed by atoms with E-state index in [0.29, 0.717) is 25.1 Å². The molecule has 1 heterocycles. The van der Waals surface area contributed by atoms with Crippen molar-refractivity contribution in [3.8, 4) is 0 Å². The number of carboxylic acids is 1. The maximum atomic E-state index is 12.5. The van der Waals surface area contributed by atoms with Gasteiger partial charge in [-0.3, -0.25) is 9.59 Å². The van der Waals surface area contributed by atoms with Crippen molar-refractivity contribution in [1.82, 2.24) is 4.90 Å². The minimum atomic E-state index is -3.77. The smallest absolute Gasteiger partial charge is 0.303 e. The number of hydrogen-bond acceptors (Lipinski definition) is 4. The van der Waals surface area contributed by atoms with E-state index in [1.54, 1.807) is 4.90 Å². The maximum Gasteiger partial charge on any atom is 0.303 e. The average Bonchev–Trinajstić information content (AvgIpc) is 2.52. The molecule has 1 amide bonds. The van der Waals surface area contributed by atoms with E-state index in [-0.39, 0.29) is 23.1 Å². The Hall–Kier alpha value is -1.93. The van der Waals surface area contributed by atoms with Crippen molar-refractivity contribution < 1.29 is 23.1 Å². The lowest BCUT2D eigenvalue weighted by molar-refractivity contribution is -0.137. The van der Waals surface area contributed by atoms with Crippen molar-refractivity contribution in [3.63, 3.8) is 0 Å². The number of benzene rings is 1. The van der Waals surface area contributed by atoms with Crippen molar-refractivity contribution in [3.05, 3.63) is 29.8 Å². The van der Waals surface area contributed by atoms with Crippen LogP contribution in [0.1, 0.15) is 36.0 Å². The number of primary sulfonamides is 1. The van der Waals surface area contributed by atoms with Crippen molar-refractivity contribution in [2.75, 3.05) is 13.1 Å². The monoisotopic (exact) mass is 340 g/mol. The number of carbonyl (C=O) groups excluding carboxylic acids is 1. The predicted molar refractivity (Wildman–Crippen MR) is 83.3 cm³/mol. The number of likely N-dealkylation sites (tertiary alicyclic amines) is 1. The molecule has 1 aromatic rings. The van der Waals surface area contributed by atoms with E-state index in [9.17, 15) is 18.0 Å². The molecule has 1 fully saturated rings. The number of carboxylic acid groups (broad SMARTS) is 1. The Morgan fingerprint density at radius 3 is 2.48 bits per heavy atom. The quantitative estimate of drug-likeness (QED) is 0.830. The number of hydrogen-bond donors (Lipinski definition) is 2. The summed E-state index contributed by atoms with van der Waals surface area (Å²) in [6, 6.07) is 5.52. The van der Waals surface area contributed by atoms with Gasteiger partial charge in [0.05, 0.1) is 4.90 Å². The SMILES string of the molecule is NS(=O)(=O)c1ccc(C(=O)N2CCC[C@H](CCC(=O)O)C2)cc1. The number of piperidine rings is 1. The van der Waals surface area contributed by atoms with Gasteiger partial charge in [0.2, 0.25) is 10.0 Å². The number of aliphatic carboxylic acids is 1. The molecule has 0 aromatic heterocycles. The van der Waals surface area contributed by atoms with Crippen LogP contribution in [0.25, 0.3) is 0 Å². The number of amides is 1. The molecule has 1 aromatic carbocycles. The van der Waals surface area contributed by atoms with Crippen LogP contribution in [0, 0.1) is 5.92 Å². The number of nitrogens with zero attached hydrogens (tertiary/aromatic N) is 1. The Kier molecular flexibility index (Phi) is 5.38. The van der Waals surface area contributed by atoms with Gasteiger partial charge in [0.15, 0.2) is 0 Å². The van der Waals surface area contributed by atoms with E-state index >= 15 is 0 Å². The number of rotatable bonds is 5. The fourth-order valence-corrected chi connectivity index (χ4v) is 3.30. The van der Waals surface area contributed by atoms with Crippen LogP contribution in [0.3, 0.4) is 0 Å². The van der Waals surface area contributed by atoms with Gasteiger partial charge in [-0.25, -0.2) is 13.6 Å². The minimum absolute atomic E-state index is 0.0352. The number of carbonyl (C=O) groups is 2. The lowest BCUT2D eigenvalue weighted by Crippen LogP contribution is -2.40. The summed E-state index contributed by atoms with van der Waals surface area (Å²) in [4.78, 5) is 24.8. The van der Waals surface area contributed by atoms with Crippen LogP contribution in [0.15, 0.2) is 29.2 Å². The zero-order valence-corrected chi connectivity index (χ0v) is 13.5. The molecule has 7 nitrogen and oxygen atoms in total. The molecular weight excluding hydrogens is 320 g/mol. The molecule has 1 atom stereocenters. The van der Waals surface area contributed by atoms with Crippen molar-refractivity contribution in [1.29, 1.82) is 0 Å². The second-order valence-corrected chi connectivity index (χ2v) is 7.32. The average molecular weight is 340 g/mol. The highest BCUT2D eigenvalue weighted by atomic mass is 32.2. The van der Waals surface area contributed by atoms with Gasteiger partial charge in [-0.1, -0.05) is 0 Å². The van der Waals surface area contributed by atoms with Gasteiger partial charge in [0.1, 0.15) is 0 Å². The summed E-state index contributed by atoms with van der Waals surface area (Å²) >= 11 is 0. The molecule has 0 bridgehead atoms. The van der Waals surface area contributed by atoms with E-state index in [4.69, 9.17) is 10.2 Å². The van der Waals surface area contributed by atoms with E-state index < -0.39 is 16.0 Å². The van der Waals surface area contributed by atoms with E-state index in [1.807, 2.05) is 0 Å². The second-order valence-electron chi connectivity index (χ2n) is 5.76. The predicted octanol–water partition coefficient (Wildman–Crippen LogP) is 1.05. The van der Waals surface area contributed by atoms with Crippen LogP contribution in [-0.2, 0) is 14.8 Å². The molecule has 1 aliphatic rings. The van der Waals surface area contributed by atoms with Gasteiger partial charge in [-0.05, 0) is 49.4 Å². The highest BCUT2D eigenvalue weighted by Gasteiger charge is 2.25. The molecule has 0 aliphatic carbocycles. The normalized spacial score (nSPS) is 18.7. The molecule has 2 rings (SSSR count). The third-order valence-electron chi connectivity index (χ3n) is 4.00. The van der Waals surface area contributed by atoms with Gasteiger partial charge in [0.25, 0.3) is 5.91 Å². The largest absolute Gasteiger partial charge is 0.481 e. The molecule has 0 spiro atoms. The van der Waals surface area contributed by atoms with Gasteiger partial charge < -0.3 is 10.0 Å². The third kappa shape index (κ3) is 4.77. The maximum absolute atomic E-state index is 12.5. The molecule has 1 aliphatic heterocycles. The van der Waals surface area contributed by atoms with Crippen LogP contribution in [-0.4, -0.2) is 43.4 Å². The third-order valence-corrected chi connectivity index (χ3v) is 4.93. The second kappa shape index (κ2) is 7.10. The van der Waals surface area contributed by atoms with Gasteiger partial charge in [0, 0.05) is 25.1 Å². The number of nitrogens with two attached hydrogens (primary N) is 1. The summed E-state index contributed by atoms with van der Waals surface area (Å²) < 4.78 is 22.4. The van der Waals surface area contributed by atoms with Crippen LogP contribution in [0.5, 0.6) is 0 Å². The van der Waals surface area contributed by atoms with Crippen molar-refractivity contribution >= 4 is 21.9 Å². The van der Waals surface area contributed by atoms with Crippen LogP contribution in [0.2, 0.25) is 0 Å². The molecule has 1 saturated heterocycles. The standard InChI is InChI=1S/C15H20N2O5S/c16-23(21,22)13-6-4-12(5-7-13)15(20)17-9-1-2-11(10-17)3-8-14(18)19/h4-7,11H,1-3,8-10H2,(H,18,19)(H2,16,21,22)/t11-/m1/s1. The zero-order chi connectivity index (χ0) is 17.0. The van der Waals surface area contributed by atoms with Crippen molar-refractivity contribution in [2.45, 2.75) is 30.6 Å². The van der Waals surface area contributed by atoms with Crippen LogP contribution < -0.4 is 5.14 Å². The molecule has 3 N–H and O–H groups in total. The summed E-state index contributed by atoms with van der Waals surface area (Å²) in [7, 11) is -3.77. The Balaban J connectivity index is 2.03. The van der Waals surface area contributed by atoms with E-state index in [0.717, 1.165) is 12.8 Å². The molecule has 23 heavy (non-hydrogen) atoms. The lowest BCUT2D eigenvalue weighted by atomic mass is 9.93. The fraction of sp³-hybridized carbons (Fsp3) is 0.467. The van der Waals surface area contributed by atoms with Gasteiger partial charge in [-0.2, -0.15) is 0 Å². The summed E-state index contributed by atoms with van der Waals surface area (Å²) in [6.07, 6.45) is 2.42. The zero-order valence-electron chi connectivity index (χ0n) is 12.6. The molecule has 0 unspecified atom stereocenters. The van der Waals surface area contributed by atoms with Crippen LogP contribution >= 0.6 is 0 Å². The summed E-state index contributed by atoms with van der Waals surface area (Å²) in [5, 5.41) is 13.8. The first-order valence-electron chi connectivity index (χ1n) is 7.41. The summed E-state index contributed by atoms with van der Waals surface area (Å²) in [6.45, 7) is 1.16. The Morgan fingerprint density at radius 2 is 1.91 bits per heavy atom. The summed E-state index contributed by atoms with van der Waals surface area (Å²) in [5.74, 6) is -0.814. The lowest BCUT2D eigenvalue weighted by Gasteiger charge is -2.32. The van der Waals surface area contributed by atoms with E-state index in [2.05, 4.69) is 0 Å². The van der Waals surface area contributed by atoms with Crippen molar-refractivity contribution in [2.24, 2.45) is 11.1 Å². The Bertz CT molecular complexity index is 684. The highest BCUT2D eigenvalue weighted by molar-refractivity contribution is 7.89. The topological polar surface area (TPSA) is 118 Å². The first kappa shape index (κ1) is 17.4. The highest BCUT2D eigenvalue weighted by Crippen LogP contribution is 2.22. The fourth-order valence-electron chi connectivity index (χ4n) is 2.78. The molecule has 8 heteroatoms. The van der Waals surface area contributed by atoms with Crippen LogP contribution in [0.4, 0.5) is 0 Å². The first-order chi connectivity index (χ1) is 10.8.